The van der Waals surface area contributed by atoms with Crippen LogP contribution in [0.2, 0.25) is 0 Å². The summed E-state index contributed by atoms with van der Waals surface area (Å²) in [5, 5.41) is 0. The summed E-state index contributed by atoms with van der Waals surface area (Å²) in [5.74, 6) is -5.59. The number of hydrogen-bond acceptors (Lipinski definition) is 14. The Morgan fingerprint density at radius 2 is 1.42 bits per heavy atom. The molecule has 3 rings (SSSR count). The van der Waals surface area contributed by atoms with Crippen LogP contribution in [0.4, 0.5) is 0 Å². The van der Waals surface area contributed by atoms with Crippen molar-refractivity contribution in [1.82, 2.24) is 0 Å². The second-order valence-electron chi connectivity index (χ2n) is 8.30. The fourth-order valence-corrected chi connectivity index (χ4v) is 4.21. The molecule has 0 radical (unpaired) electrons. The van der Waals surface area contributed by atoms with Crippen molar-refractivity contribution < 1.29 is 66.7 Å². The minimum atomic E-state index is -1.42. The first-order valence-electron chi connectivity index (χ1n) is 11.3. The Morgan fingerprint density at radius 3 is 1.95 bits per heavy atom. The van der Waals surface area contributed by atoms with Crippen LogP contribution in [0.1, 0.15) is 56.6 Å². The van der Waals surface area contributed by atoms with Crippen molar-refractivity contribution in [2.45, 2.75) is 65.1 Å². The highest BCUT2D eigenvalue weighted by Crippen LogP contribution is 2.51. The first kappa shape index (κ1) is 28.4. The molecule has 1 aromatic carbocycles. The summed E-state index contributed by atoms with van der Waals surface area (Å²) in [6.45, 7) is 5.10. The van der Waals surface area contributed by atoms with Gasteiger partial charge in [0.2, 0.25) is 5.75 Å². The molecule has 1 saturated heterocycles. The first-order chi connectivity index (χ1) is 17.8. The Kier molecular flexibility index (Phi) is 8.56. The van der Waals surface area contributed by atoms with Gasteiger partial charge in [0.15, 0.2) is 29.8 Å². The normalized spacial score (nSPS) is 23.5. The molecule has 0 bridgehead atoms. The zero-order chi connectivity index (χ0) is 28.3. The van der Waals surface area contributed by atoms with Crippen molar-refractivity contribution in [2.24, 2.45) is 0 Å². The standard InChI is InChI=1S/C24H26O14/c1-9(25)32-8-16-19(34-11(3)27)22(36-13(5)29)23-21(37-16)17-14(24(30)38-23)7-15(33-10(2)26)18(31-6)20(17)35-12(4)28/h7,16,19,21-23H,8H2,1-6H3/t16-,19-,21?,22+,23+/m1/s1. The highest BCUT2D eigenvalue weighted by molar-refractivity contribution is 5.96. The van der Waals surface area contributed by atoms with Crippen LogP contribution in [0, 0.1) is 0 Å². The topological polar surface area (TPSA) is 176 Å². The van der Waals surface area contributed by atoms with E-state index in [1.807, 2.05) is 0 Å². The molecular formula is C24H26O14. The van der Waals surface area contributed by atoms with E-state index in [-0.39, 0.29) is 28.4 Å². The minimum Gasteiger partial charge on any atom is -0.490 e. The van der Waals surface area contributed by atoms with Gasteiger partial charge in [-0.2, -0.15) is 0 Å². The summed E-state index contributed by atoms with van der Waals surface area (Å²) in [6, 6.07) is 1.14. The van der Waals surface area contributed by atoms with Gasteiger partial charge in [-0.1, -0.05) is 0 Å². The van der Waals surface area contributed by atoms with E-state index in [2.05, 4.69) is 0 Å². The van der Waals surface area contributed by atoms with Crippen LogP contribution in [-0.4, -0.2) is 73.9 Å². The van der Waals surface area contributed by atoms with E-state index < -0.39 is 72.9 Å². The fourth-order valence-electron chi connectivity index (χ4n) is 4.21. The van der Waals surface area contributed by atoms with E-state index in [1.54, 1.807) is 0 Å². The Balaban J connectivity index is 2.26. The first-order valence-corrected chi connectivity index (χ1v) is 11.3. The van der Waals surface area contributed by atoms with Gasteiger partial charge >= 0.3 is 35.8 Å². The molecule has 0 saturated carbocycles. The fraction of sp³-hybridized carbons (Fsp3) is 0.500. The zero-order valence-electron chi connectivity index (χ0n) is 21.4. The SMILES string of the molecule is COc1c(OC(C)=O)cc2c(c1OC(C)=O)C1O[C@H](COC(C)=O)[C@@H](OC(C)=O)[C@H](OC(C)=O)[C@H]1OC2=O. The van der Waals surface area contributed by atoms with E-state index in [0.29, 0.717) is 0 Å². The van der Waals surface area contributed by atoms with Gasteiger partial charge in [-0.15, -0.1) is 0 Å². The van der Waals surface area contributed by atoms with Crippen molar-refractivity contribution in [3.8, 4) is 17.2 Å². The van der Waals surface area contributed by atoms with E-state index in [4.69, 9.17) is 37.9 Å². The van der Waals surface area contributed by atoms with Gasteiger partial charge in [0.1, 0.15) is 18.8 Å². The molecule has 14 nitrogen and oxygen atoms in total. The van der Waals surface area contributed by atoms with Crippen LogP contribution in [0.3, 0.4) is 0 Å². The van der Waals surface area contributed by atoms with Crippen molar-refractivity contribution in [1.29, 1.82) is 0 Å². The predicted molar refractivity (Wildman–Crippen MR) is 120 cm³/mol. The predicted octanol–water partition coefficient (Wildman–Crippen LogP) is 0.951. The third-order valence-corrected chi connectivity index (χ3v) is 5.38. The van der Waals surface area contributed by atoms with Gasteiger partial charge in [-0.3, -0.25) is 24.0 Å². The van der Waals surface area contributed by atoms with E-state index in [9.17, 15) is 28.8 Å². The number of esters is 6. The van der Waals surface area contributed by atoms with Gasteiger partial charge in [0.05, 0.1) is 12.7 Å². The van der Waals surface area contributed by atoms with Crippen molar-refractivity contribution in [2.75, 3.05) is 13.7 Å². The average Bonchev–Trinajstić information content (AvgIpc) is 2.78. The van der Waals surface area contributed by atoms with Crippen molar-refractivity contribution in [3.05, 3.63) is 17.2 Å². The van der Waals surface area contributed by atoms with Crippen molar-refractivity contribution >= 4 is 35.8 Å². The average molecular weight is 538 g/mol. The molecule has 1 aromatic rings. The number of carbonyl (C=O) groups is 6. The smallest absolute Gasteiger partial charge is 0.339 e. The molecule has 5 atom stereocenters. The Morgan fingerprint density at radius 1 is 0.816 bits per heavy atom. The van der Waals surface area contributed by atoms with Gasteiger partial charge < -0.3 is 37.9 Å². The van der Waals surface area contributed by atoms with E-state index in [1.165, 1.54) is 7.11 Å². The molecule has 206 valence electrons. The van der Waals surface area contributed by atoms with Crippen molar-refractivity contribution in [3.63, 3.8) is 0 Å². The Bertz CT molecular complexity index is 1170. The van der Waals surface area contributed by atoms with Crippen LogP contribution >= 0.6 is 0 Å². The van der Waals surface area contributed by atoms with E-state index in [0.717, 1.165) is 40.7 Å². The van der Waals surface area contributed by atoms with Gasteiger partial charge in [0.25, 0.3) is 0 Å². The van der Waals surface area contributed by atoms with Crippen LogP contribution < -0.4 is 14.2 Å². The molecule has 2 aliphatic rings. The number of carbonyl (C=O) groups excluding carboxylic acids is 6. The Hall–Kier alpha value is -4.20. The number of benzene rings is 1. The lowest BCUT2D eigenvalue weighted by Gasteiger charge is -2.46. The molecule has 2 heterocycles. The highest BCUT2D eigenvalue weighted by atomic mass is 16.7. The summed E-state index contributed by atoms with van der Waals surface area (Å²) in [7, 11) is 1.21. The Labute approximate surface area is 216 Å². The molecule has 0 amide bonds. The summed E-state index contributed by atoms with van der Waals surface area (Å²) in [5.41, 5.74) is -0.265. The quantitative estimate of drug-likeness (QED) is 0.272. The van der Waals surface area contributed by atoms with E-state index >= 15 is 0 Å². The maximum atomic E-state index is 13.2. The highest BCUT2D eigenvalue weighted by Gasteiger charge is 2.56. The zero-order valence-corrected chi connectivity index (χ0v) is 21.4. The second kappa shape index (κ2) is 11.5. The largest absolute Gasteiger partial charge is 0.490 e. The summed E-state index contributed by atoms with van der Waals surface area (Å²) in [6.07, 6.45) is -6.71. The molecule has 0 aromatic heterocycles. The third-order valence-electron chi connectivity index (χ3n) is 5.38. The minimum absolute atomic E-state index is 0.0551. The molecule has 1 fully saturated rings. The lowest BCUT2D eigenvalue weighted by molar-refractivity contribution is -0.251. The number of rotatable bonds is 7. The molecule has 0 aliphatic carbocycles. The summed E-state index contributed by atoms with van der Waals surface area (Å²) in [4.78, 5) is 72.3. The molecule has 14 heteroatoms. The number of methoxy groups -OCH3 is 1. The van der Waals surface area contributed by atoms with Gasteiger partial charge in [0, 0.05) is 40.2 Å². The summed E-state index contributed by atoms with van der Waals surface area (Å²) >= 11 is 0. The lowest BCUT2D eigenvalue weighted by atomic mass is 9.85. The van der Waals surface area contributed by atoms with Crippen LogP contribution in [0.25, 0.3) is 0 Å². The lowest BCUT2D eigenvalue weighted by Crippen LogP contribution is -2.60. The number of fused-ring (bicyclic) bond motifs is 3. The van der Waals surface area contributed by atoms with Gasteiger partial charge in [-0.25, -0.2) is 4.79 Å². The van der Waals surface area contributed by atoms with Crippen LogP contribution in [-0.2, 0) is 47.7 Å². The third kappa shape index (κ3) is 6.02. The number of ether oxygens (including phenoxy) is 8. The molecule has 2 aliphatic heterocycles. The molecular weight excluding hydrogens is 512 g/mol. The second-order valence-corrected chi connectivity index (χ2v) is 8.30. The molecule has 0 spiro atoms. The van der Waals surface area contributed by atoms with Crippen LogP contribution in [0.5, 0.6) is 17.2 Å². The number of hydrogen-bond donors (Lipinski definition) is 0. The monoisotopic (exact) mass is 538 g/mol. The maximum Gasteiger partial charge on any atom is 0.339 e. The molecule has 1 unspecified atom stereocenters. The maximum absolute atomic E-state index is 13.2. The van der Waals surface area contributed by atoms with Crippen LogP contribution in [0.15, 0.2) is 6.07 Å². The molecule has 38 heavy (non-hydrogen) atoms. The summed E-state index contributed by atoms with van der Waals surface area (Å²) < 4.78 is 43.3. The van der Waals surface area contributed by atoms with Gasteiger partial charge in [-0.05, 0) is 6.07 Å². The molecule has 0 N–H and O–H groups in total.